The molecular formula is C22H27N7O2S. The zero-order valence-electron chi connectivity index (χ0n) is 17.9. The number of nitrogens with two attached hydrogens (primary N) is 1. The summed E-state index contributed by atoms with van der Waals surface area (Å²) in [6.07, 6.45) is 3.15. The Labute approximate surface area is 190 Å². The normalized spacial score (nSPS) is 27.0. The maximum atomic E-state index is 11.7. The highest BCUT2D eigenvalue weighted by Crippen LogP contribution is 2.44. The summed E-state index contributed by atoms with van der Waals surface area (Å²) in [5.74, 6) is 1.35. The number of carbonyl (C=O) groups is 1. The largest absolute Gasteiger partial charge is 0.380 e. The van der Waals surface area contributed by atoms with Crippen LogP contribution >= 0.6 is 11.8 Å². The van der Waals surface area contributed by atoms with E-state index >= 15 is 0 Å². The van der Waals surface area contributed by atoms with Crippen LogP contribution in [0.4, 0.5) is 5.82 Å². The molecule has 168 valence electrons. The summed E-state index contributed by atoms with van der Waals surface area (Å²) in [5.41, 5.74) is 6.45. The van der Waals surface area contributed by atoms with Gasteiger partial charge in [0.15, 0.2) is 22.1 Å². The number of anilines is 1. The monoisotopic (exact) mass is 453 g/mol. The molecule has 2 aliphatic rings. The van der Waals surface area contributed by atoms with Crippen molar-refractivity contribution in [2.75, 3.05) is 11.1 Å². The number of hydrogen-bond acceptors (Lipinski definition) is 8. The van der Waals surface area contributed by atoms with Gasteiger partial charge in [-0.3, -0.25) is 4.79 Å². The molecule has 0 radical (unpaired) electrons. The van der Waals surface area contributed by atoms with Crippen LogP contribution in [0.5, 0.6) is 0 Å². The lowest BCUT2D eigenvalue weighted by Crippen LogP contribution is -2.41. The van der Waals surface area contributed by atoms with E-state index in [1.807, 2.05) is 6.07 Å². The van der Waals surface area contributed by atoms with E-state index in [0.717, 1.165) is 18.6 Å². The second-order valence-corrected chi connectivity index (χ2v) is 9.77. The molecule has 4 unspecified atom stereocenters. The van der Waals surface area contributed by atoms with Crippen LogP contribution in [0.15, 0.2) is 35.5 Å². The lowest BCUT2D eigenvalue weighted by molar-refractivity contribution is -0.135. The molecule has 32 heavy (non-hydrogen) atoms. The number of nitrogens with one attached hydrogen (secondary N) is 1. The average Bonchev–Trinajstić information content (AvgIpc) is 3.23. The molecule has 9 nitrogen and oxygen atoms in total. The first-order chi connectivity index (χ1) is 15.5. The molecule has 0 spiro atoms. The highest BCUT2D eigenvalue weighted by molar-refractivity contribution is 7.99. The molecule has 10 heteroatoms. The molecule has 2 aliphatic carbocycles. The number of aliphatic hydroxyl groups is 1. The van der Waals surface area contributed by atoms with Gasteiger partial charge in [-0.2, -0.15) is 0 Å². The summed E-state index contributed by atoms with van der Waals surface area (Å²) in [7, 11) is 0. The molecule has 4 atom stereocenters. The van der Waals surface area contributed by atoms with Crippen molar-refractivity contribution in [2.24, 2.45) is 5.73 Å². The Morgan fingerprint density at radius 2 is 2.16 bits per heavy atom. The minimum atomic E-state index is -1.51. The van der Waals surface area contributed by atoms with Crippen LogP contribution in [-0.2, 0) is 4.79 Å². The van der Waals surface area contributed by atoms with E-state index in [0.29, 0.717) is 40.9 Å². The number of primary amides is 1. The first kappa shape index (κ1) is 21.1. The number of hydrogen-bond donors (Lipinski definition) is 3. The molecule has 1 aromatic carbocycles. The number of carbonyl (C=O) groups excluding carboxylic acids is 1. The Bertz CT molecular complexity index is 1140. The molecule has 1 amide bonds. The highest BCUT2D eigenvalue weighted by Gasteiger charge is 2.44. The second kappa shape index (κ2) is 8.32. The Morgan fingerprint density at radius 1 is 1.34 bits per heavy atom. The van der Waals surface area contributed by atoms with Gasteiger partial charge < -0.3 is 16.2 Å². The highest BCUT2D eigenvalue weighted by atomic mass is 32.2. The Hall–Kier alpha value is -2.72. The van der Waals surface area contributed by atoms with Gasteiger partial charge in [0.05, 0.1) is 6.04 Å². The number of rotatable bonds is 8. The topological polar surface area (TPSA) is 132 Å². The van der Waals surface area contributed by atoms with Crippen LogP contribution in [-0.4, -0.2) is 53.4 Å². The Morgan fingerprint density at radius 3 is 2.88 bits per heavy atom. The van der Waals surface area contributed by atoms with Crippen LogP contribution < -0.4 is 11.1 Å². The fraction of sp³-hybridized carbons (Fsp3) is 0.500. The van der Waals surface area contributed by atoms with Crippen molar-refractivity contribution in [1.29, 1.82) is 0 Å². The molecule has 0 aliphatic heterocycles. The summed E-state index contributed by atoms with van der Waals surface area (Å²) < 4.78 is 1.72. The van der Waals surface area contributed by atoms with Gasteiger partial charge in [-0.1, -0.05) is 54.2 Å². The molecule has 2 aromatic heterocycles. The van der Waals surface area contributed by atoms with Gasteiger partial charge in [-0.25, -0.2) is 14.6 Å². The van der Waals surface area contributed by atoms with Crippen LogP contribution in [0.2, 0.25) is 0 Å². The number of benzene rings is 1. The number of aromatic nitrogens is 5. The molecule has 0 bridgehead atoms. The number of nitrogens with zero attached hydrogens (tertiary/aromatic N) is 5. The van der Waals surface area contributed by atoms with E-state index in [-0.39, 0.29) is 18.5 Å². The van der Waals surface area contributed by atoms with Crippen LogP contribution in [0, 0.1) is 0 Å². The first-order valence-corrected chi connectivity index (χ1v) is 12.1. The van der Waals surface area contributed by atoms with Crippen molar-refractivity contribution < 1.29 is 9.90 Å². The van der Waals surface area contributed by atoms with E-state index in [9.17, 15) is 9.90 Å². The number of fused-ring (bicyclic) bond motifs is 1. The fourth-order valence-electron chi connectivity index (χ4n) is 4.45. The molecule has 0 saturated heterocycles. The first-order valence-electron chi connectivity index (χ1n) is 11.1. The fourth-order valence-corrected chi connectivity index (χ4v) is 5.14. The zero-order chi connectivity index (χ0) is 22.3. The molecule has 5 rings (SSSR count). The predicted molar refractivity (Wildman–Crippen MR) is 122 cm³/mol. The molecule has 2 fully saturated rings. The summed E-state index contributed by atoms with van der Waals surface area (Å²) in [4.78, 5) is 21.2. The lowest BCUT2D eigenvalue weighted by atomic mass is 10.0. The zero-order valence-corrected chi connectivity index (χ0v) is 18.8. The second-order valence-electron chi connectivity index (χ2n) is 8.71. The number of thioether (sulfide) groups is 1. The smallest absolute Gasteiger partial charge is 0.249 e. The van der Waals surface area contributed by atoms with Gasteiger partial charge >= 0.3 is 0 Å². The van der Waals surface area contributed by atoms with Crippen molar-refractivity contribution in [3.8, 4) is 0 Å². The van der Waals surface area contributed by atoms with Crippen LogP contribution in [0.25, 0.3) is 11.2 Å². The Balaban J connectivity index is 1.45. The molecule has 2 heterocycles. The summed E-state index contributed by atoms with van der Waals surface area (Å²) in [6, 6.07) is 10.6. The van der Waals surface area contributed by atoms with E-state index in [1.165, 1.54) is 5.56 Å². The van der Waals surface area contributed by atoms with Gasteiger partial charge in [0, 0.05) is 24.1 Å². The molecule has 2 saturated carbocycles. The summed E-state index contributed by atoms with van der Waals surface area (Å²) in [6.45, 7) is 2.12. The average molecular weight is 454 g/mol. The lowest BCUT2D eigenvalue weighted by Gasteiger charge is -2.18. The van der Waals surface area contributed by atoms with Crippen molar-refractivity contribution in [2.45, 2.75) is 67.8 Å². The minimum absolute atomic E-state index is 0.192. The van der Waals surface area contributed by atoms with Gasteiger partial charge in [-0.15, -0.1) is 5.10 Å². The number of amides is 1. The van der Waals surface area contributed by atoms with E-state index in [4.69, 9.17) is 15.7 Å². The third-order valence-corrected chi connectivity index (χ3v) is 7.40. The van der Waals surface area contributed by atoms with Crippen molar-refractivity contribution >= 4 is 34.7 Å². The quantitative estimate of drug-likeness (QED) is 0.350. The van der Waals surface area contributed by atoms with E-state index < -0.39 is 11.5 Å². The summed E-state index contributed by atoms with van der Waals surface area (Å²) >= 11 is 1.60. The van der Waals surface area contributed by atoms with Crippen LogP contribution in [0.1, 0.15) is 56.6 Å². The van der Waals surface area contributed by atoms with Gasteiger partial charge in [0.2, 0.25) is 5.91 Å². The van der Waals surface area contributed by atoms with Gasteiger partial charge in [-0.05, 0) is 31.2 Å². The Kier molecular flexibility index (Phi) is 5.50. The maximum absolute atomic E-state index is 11.7. The predicted octanol–water partition coefficient (Wildman–Crippen LogP) is 2.63. The van der Waals surface area contributed by atoms with Crippen molar-refractivity contribution in [3.05, 3.63) is 35.9 Å². The van der Waals surface area contributed by atoms with Crippen molar-refractivity contribution in [1.82, 2.24) is 25.0 Å². The van der Waals surface area contributed by atoms with Crippen LogP contribution in [0.3, 0.4) is 0 Å². The SMILES string of the molecule is CCCSc1nc(NC2CC2c2ccccc2)c2nnn(C3CCC(O)(C(N)=O)C3)c2n1. The van der Waals surface area contributed by atoms with E-state index in [2.05, 4.69) is 46.8 Å². The maximum Gasteiger partial charge on any atom is 0.249 e. The van der Waals surface area contributed by atoms with Gasteiger partial charge in [0.25, 0.3) is 0 Å². The molecule has 4 N–H and O–H groups in total. The summed E-state index contributed by atoms with van der Waals surface area (Å²) in [5, 5.41) is 23.5. The standard InChI is InChI=1S/C22H27N7O2S/c1-2-10-32-21-25-18(24-16-11-15(16)13-6-4-3-5-7-13)17-19(26-21)29(28-27-17)14-8-9-22(31,12-14)20(23)30/h3-7,14-16,31H,2,8-12H2,1H3,(H2,23,30)(H,24,25,26). The van der Waals surface area contributed by atoms with Gasteiger partial charge in [0.1, 0.15) is 5.60 Å². The third kappa shape index (κ3) is 3.93. The minimum Gasteiger partial charge on any atom is -0.380 e. The molecule has 3 aromatic rings. The van der Waals surface area contributed by atoms with E-state index in [1.54, 1.807) is 16.4 Å². The molecular weight excluding hydrogens is 426 g/mol. The third-order valence-electron chi connectivity index (χ3n) is 6.35. The van der Waals surface area contributed by atoms with Crippen molar-refractivity contribution in [3.63, 3.8) is 0 Å².